The summed E-state index contributed by atoms with van der Waals surface area (Å²) in [6, 6.07) is 0. The second-order valence-electron chi connectivity index (χ2n) is 0.763. The molecule has 0 rings (SSSR count). The molecule has 0 spiro atoms. The second kappa shape index (κ2) is 3.90. The molecule has 0 aliphatic rings. The molecule has 0 amide bonds. The molecule has 0 aromatic rings. The molecule has 0 fully saturated rings. The zero-order chi connectivity index (χ0) is 4.99. The molecule has 6 heavy (non-hydrogen) atoms. The van der Waals surface area contributed by atoms with Crippen LogP contribution in [0.5, 0.6) is 0 Å². The average Bonchev–Trinajstić information content (AvgIpc) is 1.35. The van der Waals surface area contributed by atoms with Crippen LogP contribution in [0.1, 0.15) is 0 Å². The van der Waals surface area contributed by atoms with E-state index in [1.807, 2.05) is 0 Å². The highest BCUT2D eigenvalue weighted by Crippen LogP contribution is 1.98. The van der Waals surface area contributed by atoms with E-state index in [2.05, 4.69) is 15.9 Å². The summed E-state index contributed by atoms with van der Waals surface area (Å²) < 4.78 is 0. The Morgan fingerprint density at radius 1 is 2.00 bits per heavy atom. The molecule has 1 radical (unpaired) electrons. The van der Waals surface area contributed by atoms with Crippen molar-refractivity contribution in [1.29, 1.82) is 0 Å². The van der Waals surface area contributed by atoms with Gasteiger partial charge in [-0.3, -0.25) is 0 Å². The Labute approximate surface area is 50.4 Å². The SMILES string of the molecule is OC(Br)[CH]CCl. The predicted molar refractivity (Wildman–Crippen MR) is 30.0 cm³/mol. The smallest absolute Gasteiger partial charge is 0.113 e. The van der Waals surface area contributed by atoms with Crippen molar-refractivity contribution in [2.75, 3.05) is 5.88 Å². The van der Waals surface area contributed by atoms with Crippen molar-refractivity contribution in [2.24, 2.45) is 0 Å². The first-order chi connectivity index (χ1) is 2.77. The van der Waals surface area contributed by atoms with E-state index in [-0.39, 0.29) is 0 Å². The molecule has 1 atom stereocenters. The van der Waals surface area contributed by atoms with Crippen molar-refractivity contribution in [2.45, 2.75) is 5.01 Å². The Morgan fingerprint density at radius 3 is 2.50 bits per heavy atom. The third-order valence-electron chi connectivity index (χ3n) is 0.284. The maximum absolute atomic E-state index is 8.33. The first kappa shape index (κ1) is 6.73. The summed E-state index contributed by atoms with van der Waals surface area (Å²) in [5, 5.41) is 7.78. The first-order valence-corrected chi connectivity index (χ1v) is 2.94. The van der Waals surface area contributed by atoms with E-state index >= 15 is 0 Å². The van der Waals surface area contributed by atoms with Crippen molar-refractivity contribution in [1.82, 2.24) is 0 Å². The van der Waals surface area contributed by atoms with Gasteiger partial charge in [-0.1, -0.05) is 15.9 Å². The first-order valence-electron chi connectivity index (χ1n) is 1.49. The second-order valence-corrected chi connectivity index (χ2v) is 2.01. The molecular weight excluding hydrogens is 167 g/mol. The van der Waals surface area contributed by atoms with Crippen LogP contribution in [-0.2, 0) is 0 Å². The summed E-state index contributed by atoms with van der Waals surface area (Å²) >= 11 is 8.00. The molecule has 0 bridgehead atoms. The third-order valence-corrected chi connectivity index (χ3v) is 0.836. The molecule has 1 nitrogen and oxygen atoms in total. The van der Waals surface area contributed by atoms with Crippen LogP contribution in [-0.4, -0.2) is 16.0 Å². The summed E-state index contributed by atoms with van der Waals surface area (Å²) in [7, 11) is 0. The molecule has 0 aliphatic heterocycles. The average molecular weight is 172 g/mol. The van der Waals surface area contributed by atoms with E-state index in [0.717, 1.165) is 0 Å². The monoisotopic (exact) mass is 171 g/mol. The lowest BCUT2D eigenvalue weighted by molar-refractivity contribution is 0.302. The highest BCUT2D eigenvalue weighted by molar-refractivity contribution is 9.09. The van der Waals surface area contributed by atoms with Gasteiger partial charge in [0.25, 0.3) is 0 Å². The predicted octanol–water partition coefficient (Wildman–Crippen LogP) is 1.14. The van der Waals surface area contributed by atoms with Gasteiger partial charge in [-0.2, -0.15) is 0 Å². The Balaban J connectivity index is 2.63. The van der Waals surface area contributed by atoms with Gasteiger partial charge in [0.2, 0.25) is 0 Å². The lowest BCUT2D eigenvalue weighted by atomic mass is 10.5. The van der Waals surface area contributed by atoms with Gasteiger partial charge in [0.05, 0.1) is 0 Å². The quantitative estimate of drug-likeness (QED) is 0.620. The van der Waals surface area contributed by atoms with Crippen LogP contribution in [0.15, 0.2) is 0 Å². The number of halogens is 2. The van der Waals surface area contributed by atoms with E-state index < -0.39 is 5.01 Å². The fraction of sp³-hybridized carbons (Fsp3) is 0.667. The van der Waals surface area contributed by atoms with Crippen LogP contribution < -0.4 is 0 Å². The number of hydrogen-bond donors (Lipinski definition) is 1. The summed E-state index contributed by atoms with van der Waals surface area (Å²) in [6.45, 7) is 0. The lowest BCUT2D eigenvalue weighted by Gasteiger charge is -1.91. The molecular formula is C3H5BrClO. The van der Waals surface area contributed by atoms with Crippen molar-refractivity contribution in [3.05, 3.63) is 6.42 Å². The van der Waals surface area contributed by atoms with Gasteiger partial charge >= 0.3 is 0 Å². The molecule has 0 saturated heterocycles. The Kier molecular flexibility index (Phi) is 4.38. The zero-order valence-electron chi connectivity index (χ0n) is 3.06. The number of aliphatic hydroxyl groups excluding tert-OH is 1. The van der Waals surface area contributed by atoms with Gasteiger partial charge in [-0.25, -0.2) is 0 Å². The van der Waals surface area contributed by atoms with Crippen molar-refractivity contribution in [3.63, 3.8) is 0 Å². The normalized spacial score (nSPS) is 14.5. The fourth-order valence-corrected chi connectivity index (χ4v) is 0.644. The van der Waals surface area contributed by atoms with Crippen LogP contribution in [0.25, 0.3) is 0 Å². The molecule has 3 heteroatoms. The van der Waals surface area contributed by atoms with E-state index in [9.17, 15) is 0 Å². The van der Waals surface area contributed by atoms with E-state index in [4.69, 9.17) is 16.7 Å². The number of rotatable bonds is 2. The molecule has 0 heterocycles. The van der Waals surface area contributed by atoms with E-state index in [1.54, 1.807) is 0 Å². The highest BCUT2D eigenvalue weighted by Gasteiger charge is 1.91. The minimum absolute atomic E-state index is 0.381. The molecule has 0 aromatic heterocycles. The minimum Gasteiger partial charge on any atom is -0.382 e. The van der Waals surface area contributed by atoms with Crippen LogP contribution in [0.4, 0.5) is 0 Å². The van der Waals surface area contributed by atoms with Gasteiger partial charge in [-0.05, 0) is 0 Å². The number of aliphatic hydroxyl groups is 1. The molecule has 0 saturated carbocycles. The van der Waals surface area contributed by atoms with Gasteiger partial charge in [0.1, 0.15) is 5.01 Å². The van der Waals surface area contributed by atoms with E-state index in [1.165, 1.54) is 6.42 Å². The van der Waals surface area contributed by atoms with Crippen LogP contribution in [0.2, 0.25) is 0 Å². The Bertz CT molecular complexity index is 32.0. The molecule has 37 valence electrons. The summed E-state index contributed by atoms with van der Waals surface area (Å²) in [5.74, 6) is 0.381. The number of hydrogen-bond acceptors (Lipinski definition) is 1. The van der Waals surface area contributed by atoms with Crippen molar-refractivity contribution < 1.29 is 5.11 Å². The summed E-state index contributed by atoms with van der Waals surface area (Å²) in [5.41, 5.74) is 0. The molecule has 0 aliphatic carbocycles. The maximum atomic E-state index is 8.33. The van der Waals surface area contributed by atoms with Crippen LogP contribution >= 0.6 is 27.5 Å². The molecule has 0 aromatic carbocycles. The minimum atomic E-state index is -0.546. The van der Waals surface area contributed by atoms with E-state index in [0.29, 0.717) is 5.88 Å². The topological polar surface area (TPSA) is 20.2 Å². The fourth-order valence-electron chi connectivity index (χ4n) is 0.0735. The van der Waals surface area contributed by atoms with Gasteiger partial charge < -0.3 is 5.11 Å². The standard InChI is InChI=1S/C3H5BrClO/c4-3(6)1-2-5/h1,3,6H,2H2. The largest absolute Gasteiger partial charge is 0.382 e. The third kappa shape index (κ3) is 4.73. The summed E-state index contributed by atoms with van der Waals surface area (Å²) in [4.78, 5) is 0. The van der Waals surface area contributed by atoms with Gasteiger partial charge in [-0.15, -0.1) is 11.6 Å². The van der Waals surface area contributed by atoms with Crippen molar-refractivity contribution in [3.8, 4) is 0 Å². The van der Waals surface area contributed by atoms with Gasteiger partial charge in [0, 0.05) is 12.3 Å². The van der Waals surface area contributed by atoms with Crippen molar-refractivity contribution >= 4 is 27.5 Å². The lowest BCUT2D eigenvalue weighted by Crippen LogP contribution is -1.94. The van der Waals surface area contributed by atoms with Crippen LogP contribution in [0, 0.1) is 6.42 Å². The van der Waals surface area contributed by atoms with Crippen LogP contribution in [0.3, 0.4) is 0 Å². The highest BCUT2D eigenvalue weighted by atomic mass is 79.9. The zero-order valence-corrected chi connectivity index (χ0v) is 5.41. The maximum Gasteiger partial charge on any atom is 0.113 e. The van der Waals surface area contributed by atoms with Gasteiger partial charge in [0.15, 0.2) is 0 Å². The number of alkyl halides is 2. The summed E-state index contributed by atoms with van der Waals surface area (Å²) in [6.07, 6.45) is 1.53. The Morgan fingerprint density at radius 2 is 2.50 bits per heavy atom. The molecule has 1 unspecified atom stereocenters. The Hall–Kier alpha value is 0.730. The molecule has 1 N–H and O–H groups in total.